The van der Waals surface area contributed by atoms with Crippen LogP contribution in [0.2, 0.25) is 0 Å². The van der Waals surface area contributed by atoms with Crippen molar-refractivity contribution in [1.29, 1.82) is 0 Å². The van der Waals surface area contributed by atoms with Crippen LogP contribution in [0.4, 0.5) is 0 Å². The van der Waals surface area contributed by atoms with E-state index in [1.165, 1.54) is 17.7 Å². The Morgan fingerprint density at radius 1 is 1.60 bits per heavy atom. The standard InChI is InChI=1S/C12H15N5O2S/c1-7-9(12(19)17-4-2-3-8(18)5-17)20-11(15-7)10-13-6-14-16-10/h6,8,18H,2-5H2,1H3,(H,13,14,16). The molecule has 1 aliphatic rings. The number of aliphatic hydroxyl groups is 1. The minimum atomic E-state index is -0.422. The summed E-state index contributed by atoms with van der Waals surface area (Å²) in [6.45, 7) is 2.89. The number of aliphatic hydroxyl groups excluding tert-OH is 1. The van der Waals surface area contributed by atoms with Crippen LogP contribution >= 0.6 is 11.3 Å². The molecule has 3 heterocycles. The maximum absolute atomic E-state index is 12.5. The molecule has 2 aromatic heterocycles. The molecule has 1 aliphatic heterocycles. The number of β-amino-alcohol motifs (C(OH)–C–C–N with tert-alkyl or cyclic N) is 1. The minimum absolute atomic E-state index is 0.0653. The van der Waals surface area contributed by atoms with Crippen LogP contribution in [-0.4, -0.2) is 55.3 Å². The average molecular weight is 293 g/mol. The van der Waals surface area contributed by atoms with Crippen LogP contribution in [0.3, 0.4) is 0 Å². The first-order valence-electron chi connectivity index (χ1n) is 6.45. The van der Waals surface area contributed by atoms with E-state index in [4.69, 9.17) is 0 Å². The number of aromatic amines is 1. The molecule has 1 unspecified atom stereocenters. The lowest BCUT2D eigenvalue weighted by atomic mass is 10.1. The monoisotopic (exact) mass is 293 g/mol. The molecule has 1 fully saturated rings. The smallest absolute Gasteiger partial charge is 0.265 e. The van der Waals surface area contributed by atoms with E-state index in [1.807, 2.05) is 6.92 Å². The van der Waals surface area contributed by atoms with Gasteiger partial charge in [-0.1, -0.05) is 0 Å². The summed E-state index contributed by atoms with van der Waals surface area (Å²) in [5, 5.41) is 16.9. The molecule has 8 heteroatoms. The van der Waals surface area contributed by atoms with Gasteiger partial charge < -0.3 is 10.0 Å². The van der Waals surface area contributed by atoms with Gasteiger partial charge in [-0.25, -0.2) is 9.97 Å². The van der Waals surface area contributed by atoms with Crippen LogP contribution in [0, 0.1) is 6.92 Å². The average Bonchev–Trinajstić information content (AvgIpc) is 3.07. The molecule has 1 amide bonds. The van der Waals surface area contributed by atoms with Gasteiger partial charge in [0.2, 0.25) is 0 Å². The number of hydrogen-bond acceptors (Lipinski definition) is 6. The lowest BCUT2D eigenvalue weighted by molar-refractivity contribution is 0.0477. The summed E-state index contributed by atoms with van der Waals surface area (Å²) in [5.41, 5.74) is 0.687. The van der Waals surface area contributed by atoms with Crippen molar-refractivity contribution in [2.45, 2.75) is 25.9 Å². The Bertz CT molecular complexity index is 609. The van der Waals surface area contributed by atoms with E-state index < -0.39 is 6.10 Å². The Balaban J connectivity index is 1.85. The van der Waals surface area contributed by atoms with Gasteiger partial charge in [0, 0.05) is 13.1 Å². The van der Waals surface area contributed by atoms with E-state index in [-0.39, 0.29) is 5.91 Å². The molecule has 3 rings (SSSR count). The number of hydrogen-bond donors (Lipinski definition) is 2. The van der Waals surface area contributed by atoms with Gasteiger partial charge in [-0.3, -0.25) is 9.89 Å². The number of thiazole rings is 1. The van der Waals surface area contributed by atoms with Crippen molar-refractivity contribution in [3.8, 4) is 10.8 Å². The molecule has 106 valence electrons. The zero-order valence-electron chi connectivity index (χ0n) is 11.0. The maximum atomic E-state index is 12.5. The predicted molar refractivity (Wildman–Crippen MR) is 73.4 cm³/mol. The highest BCUT2D eigenvalue weighted by Crippen LogP contribution is 2.27. The molecule has 7 nitrogen and oxygen atoms in total. The fraction of sp³-hybridized carbons (Fsp3) is 0.500. The van der Waals surface area contributed by atoms with Crippen molar-refractivity contribution in [2.75, 3.05) is 13.1 Å². The first-order valence-corrected chi connectivity index (χ1v) is 7.27. The van der Waals surface area contributed by atoms with Gasteiger partial charge in [-0.2, -0.15) is 5.10 Å². The summed E-state index contributed by atoms with van der Waals surface area (Å²) in [5.74, 6) is 0.500. The number of nitrogens with one attached hydrogen (secondary N) is 1. The van der Waals surface area contributed by atoms with Gasteiger partial charge in [0.15, 0.2) is 10.8 Å². The largest absolute Gasteiger partial charge is 0.391 e. The SMILES string of the molecule is Cc1nc(-c2ncn[nH]2)sc1C(=O)N1CCCC(O)C1. The molecule has 0 bridgehead atoms. The van der Waals surface area contributed by atoms with Gasteiger partial charge in [0.05, 0.1) is 11.8 Å². The van der Waals surface area contributed by atoms with Crippen molar-refractivity contribution >= 4 is 17.2 Å². The lowest BCUT2D eigenvalue weighted by Gasteiger charge is -2.29. The number of piperidine rings is 1. The van der Waals surface area contributed by atoms with Gasteiger partial charge >= 0.3 is 0 Å². The molecule has 20 heavy (non-hydrogen) atoms. The van der Waals surface area contributed by atoms with E-state index >= 15 is 0 Å². The molecule has 1 saturated heterocycles. The molecule has 0 saturated carbocycles. The summed E-state index contributed by atoms with van der Waals surface area (Å²) < 4.78 is 0. The third kappa shape index (κ3) is 2.44. The summed E-state index contributed by atoms with van der Waals surface area (Å²) in [6.07, 6.45) is 2.58. The van der Waals surface area contributed by atoms with Crippen LogP contribution < -0.4 is 0 Å². The second-order valence-electron chi connectivity index (χ2n) is 4.81. The maximum Gasteiger partial charge on any atom is 0.265 e. The van der Waals surface area contributed by atoms with Gasteiger partial charge in [0.1, 0.15) is 11.2 Å². The normalized spacial score (nSPS) is 19.3. The Kier molecular flexibility index (Phi) is 3.49. The number of aryl methyl sites for hydroxylation is 1. The number of H-pyrrole nitrogens is 1. The second-order valence-corrected chi connectivity index (χ2v) is 5.81. The molecule has 1 atom stereocenters. The Hall–Kier alpha value is -1.80. The number of nitrogens with zero attached hydrogens (tertiary/aromatic N) is 4. The summed E-state index contributed by atoms with van der Waals surface area (Å²) in [6, 6.07) is 0. The Labute approximate surface area is 119 Å². The van der Waals surface area contributed by atoms with Gasteiger partial charge in [0.25, 0.3) is 5.91 Å². The lowest BCUT2D eigenvalue weighted by Crippen LogP contribution is -2.42. The van der Waals surface area contributed by atoms with E-state index in [0.29, 0.717) is 34.5 Å². The molecule has 2 aromatic rings. The third-order valence-corrected chi connectivity index (χ3v) is 4.44. The van der Waals surface area contributed by atoms with E-state index in [9.17, 15) is 9.90 Å². The van der Waals surface area contributed by atoms with Gasteiger partial charge in [-0.05, 0) is 19.8 Å². The zero-order chi connectivity index (χ0) is 14.1. The van der Waals surface area contributed by atoms with Crippen molar-refractivity contribution < 1.29 is 9.90 Å². The van der Waals surface area contributed by atoms with Crippen LogP contribution in [0.25, 0.3) is 10.8 Å². The summed E-state index contributed by atoms with van der Waals surface area (Å²) in [4.78, 5) is 23.2. The first kappa shape index (κ1) is 13.2. The Morgan fingerprint density at radius 3 is 3.15 bits per heavy atom. The quantitative estimate of drug-likeness (QED) is 0.855. The van der Waals surface area contributed by atoms with Crippen molar-refractivity contribution in [3.05, 3.63) is 16.9 Å². The highest BCUT2D eigenvalue weighted by molar-refractivity contribution is 7.17. The van der Waals surface area contributed by atoms with Crippen molar-refractivity contribution in [2.24, 2.45) is 0 Å². The molecule has 0 radical (unpaired) electrons. The fourth-order valence-electron chi connectivity index (χ4n) is 2.29. The Morgan fingerprint density at radius 2 is 2.45 bits per heavy atom. The highest BCUT2D eigenvalue weighted by Gasteiger charge is 2.26. The molecule has 2 N–H and O–H groups in total. The predicted octanol–water partition coefficient (Wildman–Crippen LogP) is 0.834. The number of amides is 1. The van der Waals surface area contributed by atoms with Crippen molar-refractivity contribution in [1.82, 2.24) is 25.1 Å². The fourth-order valence-corrected chi connectivity index (χ4v) is 3.27. The van der Waals surface area contributed by atoms with Crippen LogP contribution in [0.1, 0.15) is 28.2 Å². The minimum Gasteiger partial charge on any atom is -0.391 e. The molecule has 0 aliphatic carbocycles. The number of carbonyl (C=O) groups is 1. The highest BCUT2D eigenvalue weighted by atomic mass is 32.1. The molecular formula is C12H15N5O2S. The second kappa shape index (κ2) is 5.29. The first-order chi connectivity index (χ1) is 9.65. The zero-order valence-corrected chi connectivity index (χ0v) is 11.9. The van der Waals surface area contributed by atoms with Crippen LogP contribution in [0.5, 0.6) is 0 Å². The number of likely N-dealkylation sites (tertiary alicyclic amines) is 1. The van der Waals surface area contributed by atoms with Crippen LogP contribution in [-0.2, 0) is 0 Å². The topological polar surface area (TPSA) is 95.0 Å². The molecule has 0 aromatic carbocycles. The number of rotatable bonds is 2. The summed E-state index contributed by atoms with van der Waals surface area (Å²) in [7, 11) is 0. The van der Waals surface area contributed by atoms with Crippen molar-refractivity contribution in [3.63, 3.8) is 0 Å². The summed E-state index contributed by atoms with van der Waals surface area (Å²) >= 11 is 1.30. The van der Waals surface area contributed by atoms with E-state index in [2.05, 4.69) is 20.2 Å². The van der Waals surface area contributed by atoms with E-state index in [1.54, 1.807) is 4.90 Å². The molecular weight excluding hydrogens is 278 g/mol. The number of aromatic nitrogens is 4. The third-order valence-electron chi connectivity index (χ3n) is 3.29. The van der Waals surface area contributed by atoms with E-state index in [0.717, 1.165) is 12.8 Å². The molecule has 0 spiro atoms. The number of carbonyl (C=O) groups excluding carboxylic acids is 1. The van der Waals surface area contributed by atoms with Gasteiger partial charge in [-0.15, -0.1) is 11.3 Å². The van der Waals surface area contributed by atoms with Crippen LogP contribution in [0.15, 0.2) is 6.33 Å².